The Hall–Kier alpha value is -3.68. The van der Waals surface area contributed by atoms with Crippen LogP contribution in [0.5, 0.6) is 11.5 Å². The number of para-hydroxylation sites is 1. The summed E-state index contributed by atoms with van der Waals surface area (Å²) >= 11 is 0. The fraction of sp³-hybridized carbons (Fsp3) is 0.174. The van der Waals surface area contributed by atoms with E-state index >= 15 is 0 Å². The summed E-state index contributed by atoms with van der Waals surface area (Å²) in [4.78, 5) is 12.1. The molecule has 0 aliphatic rings. The average Bonchev–Trinajstić information content (AvgIpc) is 2.77. The Morgan fingerprint density at radius 2 is 1.42 bits per heavy atom. The Bertz CT molecular complexity index is 977. The number of ether oxygens (including phenoxy) is 2. The number of anilines is 2. The third-order valence-corrected chi connectivity index (χ3v) is 4.15. The smallest absolute Gasteiger partial charge is 0.416 e. The molecule has 3 aromatic carbocycles. The number of rotatable bonds is 9. The SMILES string of the molecule is O=C(CNc1cccc(C(F)(F)F)c1)Nc1ccc(OCCOc2ccccc2)cc1. The van der Waals surface area contributed by atoms with Gasteiger partial charge in [0.05, 0.1) is 12.1 Å². The fourth-order valence-corrected chi connectivity index (χ4v) is 2.66. The van der Waals surface area contributed by atoms with E-state index in [4.69, 9.17) is 9.47 Å². The molecule has 3 rings (SSSR count). The van der Waals surface area contributed by atoms with E-state index in [1.165, 1.54) is 12.1 Å². The van der Waals surface area contributed by atoms with Crippen molar-refractivity contribution in [2.24, 2.45) is 0 Å². The standard InChI is InChI=1S/C23H21F3N2O3/c24-23(25,26)17-5-4-6-19(15-17)27-16-22(29)28-18-9-11-21(12-10-18)31-14-13-30-20-7-2-1-3-8-20/h1-12,15,27H,13-14,16H2,(H,28,29). The molecule has 1 amide bonds. The van der Waals surface area contributed by atoms with Crippen LogP contribution in [0.25, 0.3) is 0 Å². The quantitative estimate of drug-likeness (QED) is 0.458. The molecule has 0 unspecified atom stereocenters. The monoisotopic (exact) mass is 430 g/mol. The molecule has 0 aliphatic heterocycles. The lowest BCUT2D eigenvalue weighted by Gasteiger charge is -2.11. The highest BCUT2D eigenvalue weighted by molar-refractivity contribution is 5.93. The maximum absolute atomic E-state index is 12.7. The van der Waals surface area contributed by atoms with Crippen LogP contribution in [0.2, 0.25) is 0 Å². The Morgan fingerprint density at radius 3 is 2.06 bits per heavy atom. The van der Waals surface area contributed by atoms with Crippen molar-refractivity contribution in [3.63, 3.8) is 0 Å². The first-order valence-electron chi connectivity index (χ1n) is 9.52. The Balaban J connectivity index is 1.40. The van der Waals surface area contributed by atoms with Crippen molar-refractivity contribution < 1.29 is 27.4 Å². The van der Waals surface area contributed by atoms with E-state index < -0.39 is 11.7 Å². The number of benzene rings is 3. The summed E-state index contributed by atoms with van der Waals surface area (Å²) < 4.78 is 49.3. The van der Waals surface area contributed by atoms with Crippen LogP contribution in [0.1, 0.15) is 5.56 Å². The number of carbonyl (C=O) groups excluding carboxylic acids is 1. The molecule has 0 bridgehead atoms. The van der Waals surface area contributed by atoms with E-state index in [0.717, 1.165) is 17.9 Å². The van der Waals surface area contributed by atoms with Crippen molar-refractivity contribution in [3.8, 4) is 11.5 Å². The number of nitrogens with one attached hydrogen (secondary N) is 2. The predicted molar refractivity (Wildman–Crippen MR) is 112 cm³/mol. The van der Waals surface area contributed by atoms with Gasteiger partial charge in [-0.25, -0.2) is 0 Å². The van der Waals surface area contributed by atoms with Crippen molar-refractivity contribution in [3.05, 3.63) is 84.4 Å². The second-order valence-corrected chi connectivity index (χ2v) is 6.51. The molecular weight excluding hydrogens is 409 g/mol. The van der Waals surface area contributed by atoms with E-state index in [1.54, 1.807) is 24.3 Å². The van der Waals surface area contributed by atoms with Gasteiger partial charge in [-0.1, -0.05) is 24.3 Å². The molecule has 0 saturated carbocycles. The summed E-state index contributed by atoms with van der Waals surface area (Å²) in [5.74, 6) is 1.00. The Kier molecular flexibility index (Phi) is 7.37. The Labute approximate surface area is 177 Å². The van der Waals surface area contributed by atoms with Gasteiger partial charge in [-0.3, -0.25) is 4.79 Å². The molecule has 0 aliphatic carbocycles. The maximum Gasteiger partial charge on any atom is 0.416 e. The molecule has 0 heterocycles. The zero-order valence-electron chi connectivity index (χ0n) is 16.5. The summed E-state index contributed by atoms with van der Waals surface area (Å²) in [6, 6.07) is 20.9. The van der Waals surface area contributed by atoms with Crippen molar-refractivity contribution >= 4 is 17.3 Å². The third kappa shape index (κ3) is 7.26. The van der Waals surface area contributed by atoms with Gasteiger partial charge in [-0.05, 0) is 54.6 Å². The van der Waals surface area contributed by atoms with E-state index in [2.05, 4.69) is 10.6 Å². The van der Waals surface area contributed by atoms with Gasteiger partial charge in [-0.15, -0.1) is 0 Å². The first-order valence-corrected chi connectivity index (χ1v) is 9.52. The number of hydrogen-bond donors (Lipinski definition) is 2. The van der Waals surface area contributed by atoms with Crippen molar-refractivity contribution in [1.29, 1.82) is 0 Å². The van der Waals surface area contributed by atoms with Crippen molar-refractivity contribution in [2.45, 2.75) is 6.18 Å². The van der Waals surface area contributed by atoms with Crippen LogP contribution in [-0.4, -0.2) is 25.7 Å². The molecule has 0 aromatic heterocycles. The molecule has 162 valence electrons. The largest absolute Gasteiger partial charge is 0.490 e. The summed E-state index contributed by atoms with van der Waals surface area (Å²) in [7, 11) is 0. The van der Waals surface area contributed by atoms with Crippen LogP contribution in [-0.2, 0) is 11.0 Å². The fourth-order valence-electron chi connectivity index (χ4n) is 2.66. The lowest BCUT2D eigenvalue weighted by atomic mass is 10.2. The zero-order chi connectivity index (χ0) is 22.1. The highest BCUT2D eigenvalue weighted by Crippen LogP contribution is 2.30. The summed E-state index contributed by atoms with van der Waals surface area (Å²) in [5.41, 5.74) is -0.0159. The van der Waals surface area contributed by atoms with Crippen molar-refractivity contribution in [1.82, 2.24) is 0 Å². The predicted octanol–water partition coefficient (Wildman–Crippen LogP) is 5.21. The number of carbonyl (C=O) groups is 1. The lowest BCUT2D eigenvalue weighted by molar-refractivity contribution is -0.137. The average molecular weight is 430 g/mol. The van der Waals surface area contributed by atoms with Crippen LogP contribution in [0.4, 0.5) is 24.5 Å². The van der Waals surface area contributed by atoms with Gasteiger partial charge in [0.2, 0.25) is 5.91 Å². The van der Waals surface area contributed by atoms with Gasteiger partial charge < -0.3 is 20.1 Å². The van der Waals surface area contributed by atoms with E-state index in [9.17, 15) is 18.0 Å². The normalized spacial score (nSPS) is 10.9. The molecular formula is C23H21F3N2O3. The van der Waals surface area contributed by atoms with Crippen LogP contribution >= 0.6 is 0 Å². The van der Waals surface area contributed by atoms with Crippen LogP contribution in [0, 0.1) is 0 Å². The van der Waals surface area contributed by atoms with Crippen LogP contribution in [0.15, 0.2) is 78.9 Å². The zero-order valence-corrected chi connectivity index (χ0v) is 16.5. The van der Waals surface area contributed by atoms with Crippen LogP contribution < -0.4 is 20.1 Å². The summed E-state index contributed by atoms with van der Waals surface area (Å²) in [6.45, 7) is 0.585. The second-order valence-electron chi connectivity index (χ2n) is 6.51. The summed E-state index contributed by atoms with van der Waals surface area (Å²) in [6.07, 6.45) is -4.43. The molecule has 8 heteroatoms. The van der Waals surface area contributed by atoms with Gasteiger partial charge in [0.1, 0.15) is 24.7 Å². The van der Waals surface area contributed by atoms with Gasteiger partial charge in [-0.2, -0.15) is 13.2 Å². The van der Waals surface area contributed by atoms with E-state index in [0.29, 0.717) is 24.7 Å². The molecule has 2 N–H and O–H groups in total. The molecule has 0 saturated heterocycles. The number of hydrogen-bond acceptors (Lipinski definition) is 4. The molecule has 31 heavy (non-hydrogen) atoms. The highest BCUT2D eigenvalue weighted by atomic mass is 19.4. The number of halogens is 3. The minimum Gasteiger partial charge on any atom is -0.490 e. The first kappa shape index (κ1) is 22.0. The third-order valence-electron chi connectivity index (χ3n) is 4.15. The molecule has 3 aromatic rings. The van der Waals surface area contributed by atoms with Gasteiger partial charge >= 0.3 is 6.18 Å². The van der Waals surface area contributed by atoms with Gasteiger partial charge in [0, 0.05) is 11.4 Å². The molecule has 0 fully saturated rings. The Morgan fingerprint density at radius 1 is 0.774 bits per heavy atom. The van der Waals surface area contributed by atoms with E-state index in [-0.39, 0.29) is 18.1 Å². The van der Waals surface area contributed by atoms with Crippen LogP contribution in [0.3, 0.4) is 0 Å². The maximum atomic E-state index is 12.7. The molecule has 5 nitrogen and oxygen atoms in total. The molecule has 0 atom stereocenters. The molecule has 0 spiro atoms. The number of amides is 1. The highest BCUT2D eigenvalue weighted by Gasteiger charge is 2.30. The van der Waals surface area contributed by atoms with Gasteiger partial charge in [0.15, 0.2) is 0 Å². The van der Waals surface area contributed by atoms with E-state index in [1.807, 2.05) is 30.3 Å². The molecule has 0 radical (unpaired) electrons. The number of alkyl halides is 3. The minimum absolute atomic E-state index is 0.170. The first-order chi connectivity index (χ1) is 14.9. The van der Waals surface area contributed by atoms with Crippen molar-refractivity contribution in [2.75, 3.05) is 30.4 Å². The van der Waals surface area contributed by atoms with Gasteiger partial charge in [0.25, 0.3) is 0 Å². The topological polar surface area (TPSA) is 59.6 Å². The second kappa shape index (κ2) is 10.4. The minimum atomic E-state index is -4.43. The summed E-state index contributed by atoms with van der Waals surface area (Å²) in [5, 5.41) is 5.35. The lowest BCUT2D eigenvalue weighted by Crippen LogP contribution is -2.21.